The second kappa shape index (κ2) is 8.03. The van der Waals surface area contributed by atoms with Crippen LogP contribution in [0.4, 0.5) is 16.2 Å². The van der Waals surface area contributed by atoms with Crippen molar-refractivity contribution in [2.75, 3.05) is 30.4 Å². The maximum Gasteiger partial charge on any atom is 0.319 e. The van der Waals surface area contributed by atoms with Crippen molar-refractivity contribution in [3.8, 4) is 0 Å². The Labute approximate surface area is 148 Å². The first-order chi connectivity index (χ1) is 12.2. The molecule has 0 radical (unpaired) electrons. The van der Waals surface area contributed by atoms with Crippen molar-refractivity contribution < 1.29 is 9.90 Å². The Morgan fingerprint density at radius 2 is 2.04 bits per heavy atom. The zero-order valence-electron chi connectivity index (χ0n) is 14.5. The first-order valence-corrected chi connectivity index (χ1v) is 8.75. The molecule has 0 saturated carbocycles. The predicted octanol–water partition coefficient (Wildman–Crippen LogP) is 3.31. The van der Waals surface area contributed by atoms with Crippen molar-refractivity contribution in [2.45, 2.75) is 25.3 Å². The number of carbonyl (C=O) groups is 1. The second-order valence-electron chi connectivity index (χ2n) is 6.44. The summed E-state index contributed by atoms with van der Waals surface area (Å²) in [7, 11) is 2.09. The summed E-state index contributed by atoms with van der Waals surface area (Å²) < 4.78 is 0. The number of fused-ring (bicyclic) bond motifs is 1. The monoisotopic (exact) mass is 339 g/mol. The fraction of sp³-hybridized carbons (Fsp3) is 0.350. The van der Waals surface area contributed by atoms with Crippen LogP contribution in [0, 0.1) is 0 Å². The number of benzene rings is 2. The van der Waals surface area contributed by atoms with Gasteiger partial charge in [0.25, 0.3) is 0 Å². The van der Waals surface area contributed by atoms with Gasteiger partial charge in [-0.1, -0.05) is 30.3 Å². The lowest BCUT2D eigenvalue weighted by molar-refractivity contribution is 0.239. The molecule has 3 N–H and O–H groups in total. The minimum absolute atomic E-state index is 0.0189. The smallest absolute Gasteiger partial charge is 0.319 e. The molecule has 2 aromatic carbocycles. The Balaban J connectivity index is 1.67. The molecule has 0 unspecified atom stereocenters. The van der Waals surface area contributed by atoms with E-state index in [0.29, 0.717) is 6.42 Å². The number of nitrogens with zero attached hydrogens (tertiary/aromatic N) is 1. The van der Waals surface area contributed by atoms with E-state index >= 15 is 0 Å². The topological polar surface area (TPSA) is 64.6 Å². The van der Waals surface area contributed by atoms with E-state index in [1.807, 2.05) is 42.5 Å². The number of amides is 2. The van der Waals surface area contributed by atoms with E-state index in [1.165, 1.54) is 11.3 Å². The van der Waals surface area contributed by atoms with Gasteiger partial charge in [0.15, 0.2) is 0 Å². The SMILES string of the molecule is CN1CCCc2cc(NC(=O)N[C@H](CCO)c3ccccc3)ccc21. The van der Waals surface area contributed by atoms with Crippen molar-refractivity contribution in [1.29, 1.82) is 0 Å². The quantitative estimate of drug-likeness (QED) is 0.783. The van der Waals surface area contributed by atoms with E-state index in [4.69, 9.17) is 0 Å². The van der Waals surface area contributed by atoms with Crippen molar-refractivity contribution >= 4 is 17.4 Å². The summed E-state index contributed by atoms with van der Waals surface area (Å²) >= 11 is 0. The summed E-state index contributed by atoms with van der Waals surface area (Å²) in [5, 5.41) is 15.1. The fourth-order valence-electron chi connectivity index (χ4n) is 3.33. The normalized spacial score (nSPS) is 14.6. The van der Waals surface area contributed by atoms with Gasteiger partial charge in [0.2, 0.25) is 0 Å². The van der Waals surface area contributed by atoms with Gasteiger partial charge in [-0.15, -0.1) is 0 Å². The Bertz CT molecular complexity index is 718. The van der Waals surface area contributed by atoms with Crippen LogP contribution in [0.2, 0.25) is 0 Å². The second-order valence-corrected chi connectivity index (χ2v) is 6.44. The number of aliphatic hydroxyl groups excluding tert-OH is 1. The molecule has 0 aromatic heterocycles. The third kappa shape index (κ3) is 4.31. The molecule has 1 aliphatic rings. The molecular weight excluding hydrogens is 314 g/mol. The summed E-state index contributed by atoms with van der Waals surface area (Å²) in [4.78, 5) is 14.6. The zero-order chi connectivity index (χ0) is 17.6. The zero-order valence-corrected chi connectivity index (χ0v) is 14.5. The largest absolute Gasteiger partial charge is 0.396 e. The molecule has 1 atom stereocenters. The first kappa shape index (κ1) is 17.3. The van der Waals surface area contributed by atoms with Crippen LogP contribution in [0.15, 0.2) is 48.5 Å². The minimum Gasteiger partial charge on any atom is -0.396 e. The molecule has 1 heterocycles. The van der Waals surface area contributed by atoms with E-state index in [2.05, 4.69) is 28.6 Å². The first-order valence-electron chi connectivity index (χ1n) is 8.75. The molecule has 2 aromatic rings. The molecule has 5 nitrogen and oxygen atoms in total. The number of hydrogen-bond donors (Lipinski definition) is 3. The van der Waals surface area contributed by atoms with Crippen molar-refractivity contribution in [2.24, 2.45) is 0 Å². The lowest BCUT2D eigenvalue weighted by atomic mass is 10.0. The van der Waals surface area contributed by atoms with E-state index in [1.54, 1.807) is 0 Å². The van der Waals surface area contributed by atoms with Crippen LogP contribution in [0.5, 0.6) is 0 Å². The standard InChI is InChI=1S/C20H25N3O2/c1-23-12-5-8-16-14-17(9-10-19(16)23)21-20(25)22-18(11-13-24)15-6-3-2-4-7-15/h2-4,6-7,9-10,14,18,24H,5,8,11-13H2,1H3,(H2,21,22,25)/t18-/m1/s1. The van der Waals surface area contributed by atoms with Crippen LogP contribution in [0.3, 0.4) is 0 Å². The summed E-state index contributed by atoms with van der Waals surface area (Å²) in [6.07, 6.45) is 2.64. The molecular formula is C20H25N3O2. The number of aliphatic hydroxyl groups is 1. The maximum absolute atomic E-state index is 12.4. The summed E-state index contributed by atoms with van der Waals surface area (Å²) in [6.45, 7) is 1.09. The minimum atomic E-state index is -0.258. The van der Waals surface area contributed by atoms with Crippen LogP contribution in [0.25, 0.3) is 0 Å². The van der Waals surface area contributed by atoms with Gasteiger partial charge >= 0.3 is 6.03 Å². The average molecular weight is 339 g/mol. The van der Waals surface area contributed by atoms with Crippen LogP contribution in [0.1, 0.15) is 30.0 Å². The van der Waals surface area contributed by atoms with Crippen LogP contribution >= 0.6 is 0 Å². The molecule has 0 fully saturated rings. The van der Waals surface area contributed by atoms with E-state index in [-0.39, 0.29) is 18.7 Å². The predicted molar refractivity (Wildman–Crippen MR) is 101 cm³/mol. The number of urea groups is 1. The number of rotatable bonds is 5. The van der Waals surface area contributed by atoms with Crippen molar-refractivity contribution in [1.82, 2.24) is 5.32 Å². The lowest BCUT2D eigenvalue weighted by Crippen LogP contribution is -2.33. The van der Waals surface area contributed by atoms with Crippen LogP contribution in [-0.4, -0.2) is 31.3 Å². The molecule has 0 bridgehead atoms. The highest BCUT2D eigenvalue weighted by molar-refractivity contribution is 5.90. The Morgan fingerprint density at radius 3 is 2.80 bits per heavy atom. The summed E-state index contributed by atoms with van der Waals surface area (Å²) in [6, 6.07) is 15.3. The highest BCUT2D eigenvalue weighted by Crippen LogP contribution is 2.28. The Hall–Kier alpha value is -2.53. The lowest BCUT2D eigenvalue weighted by Gasteiger charge is -2.28. The van der Waals surface area contributed by atoms with Crippen molar-refractivity contribution in [3.63, 3.8) is 0 Å². The third-order valence-corrected chi connectivity index (χ3v) is 4.61. The summed E-state index contributed by atoms with van der Waals surface area (Å²) in [5.74, 6) is 0. The van der Waals surface area contributed by atoms with E-state index in [0.717, 1.165) is 30.6 Å². The molecule has 0 saturated heterocycles. The highest BCUT2D eigenvalue weighted by Gasteiger charge is 2.16. The van der Waals surface area contributed by atoms with Crippen LogP contribution < -0.4 is 15.5 Å². The van der Waals surface area contributed by atoms with Gasteiger partial charge < -0.3 is 20.6 Å². The molecule has 5 heteroatoms. The Kier molecular flexibility index (Phi) is 5.56. The highest BCUT2D eigenvalue weighted by atomic mass is 16.3. The molecule has 132 valence electrons. The van der Waals surface area contributed by atoms with Gasteiger partial charge in [0.05, 0.1) is 6.04 Å². The molecule has 1 aliphatic heterocycles. The average Bonchev–Trinajstić information content (AvgIpc) is 2.62. The summed E-state index contributed by atoms with van der Waals surface area (Å²) in [5.41, 5.74) is 4.28. The van der Waals surface area contributed by atoms with Gasteiger partial charge in [-0.2, -0.15) is 0 Å². The molecule has 0 spiro atoms. The number of nitrogens with one attached hydrogen (secondary N) is 2. The Morgan fingerprint density at radius 1 is 1.24 bits per heavy atom. The van der Waals surface area contributed by atoms with Gasteiger partial charge in [-0.05, 0) is 48.6 Å². The fourth-order valence-corrected chi connectivity index (χ4v) is 3.33. The number of carbonyl (C=O) groups excluding carboxylic acids is 1. The molecule has 25 heavy (non-hydrogen) atoms. The number of anilines is 2. The van der Waals surface area contributed by atoms with Crippen LogP contribution in [-0.2, 0) is 6.42 Å². The van der Waals surface area contributed by atoms with Crippen molar-refractivity contribution in [3.05, 3.63) is 59.7 Å². The molecule has 2 amide bonds. The molecule has 0 aliphatic carbocycles. The van der Waals surface area contributed by atoms with E-state index in [9.17, 15) is 9.90 Å². The third-order valence-electron chi connectivity index (χ3n) is 4.61. The van der Waals surface area contributed by atoms with Gasteiger partial charge in [-0.25, -0.2) is 4.79 Å². The van der Waals surface area contributed by atoms with Gasteiger partial charge in [0.1, 0.15) is 0 Å². The number of hydrogen-bond acceptors (Lipinski definition) is 3. The van der Waals surface area contributed by atoms with E-state index < -0.39 is 0 Å². The van der Waals surface area contributed by atoms with Gasteiger partial charge in [0, 0.05) is 31.6 Å². The number of aryl methyl sites for hydroxylation is 1. The maximum atomic E-state index is 12.4. The van der Waals surface area contributed by atoms with Gasteiger partial charge in [-0.3, -0.25) is 0 Å². The molecule has 3 rings (SSSR count).